The van der Waals surface area contributed by atoms with Crippen LogP contribution in [0.3, 0.4) is 0 Å². The third-order valence-electron chi connectivity index (χ3n) is 4.66. The van der Waals surface area contributed by atoms with Gasteiger partial charge in [0.15, 0.2) is 0 Å². The Morgan fingerprint density at radius 3 is 3.00 bits per heavy atom. The topological polar surface area (TPSA) is 57.0 Å². The van der Waals surface area contributed by atoms with E-state index in [4.69, 9.17) is 0 Å². The molecule has 0 saturated carbocycles. The minimum atomic E-state index is 0.0798. The third kappa shape index (κ3) is 2.67. The Hall–Kier alpha value is -2.32. The fraction of sp³-hybridized carbons (Fsp3) is 0.316. The van der Waals surface area contributed by atoms with Gasteiger partial charge in [-0.2, -0.15) is 5.26 Å². The van der Waals surface area contributed by atoms with Crippen molar-refractivity contribution < 1.29 is 4.79 Å². The number of para-hydroxylation sites is 1. The summed E-state index contributed by atoms with van der Waals surface area (Å²) in [5.74, 6) is 0.394. The van der Waals surface area contributed by atoms with E-state index in [2.05, 4.69) is 17.1 Å². The van der Waals surface area contributed by atoms with Crippen LogP contribution in [0, 0.1) is 11.3 Å². The summed E-state index contributed by atoms with van der Waals surface area (Å²) < 4.78 is 0. The highest BCUT2D eigenvalue weighted by Gasteiger charge is 2.25. The van der Waals surface area contributed by atoms with Crippen molar-refractivity contribution in [2.24, 2.45) is 0 Å². The molecule has 0 unspecified atom stereocenters. The van der Waals surface area contributed by atoms with Crippen molar-refractivity contribution in [2.75, 3.05) is 17.2 Å². The molecule has 1 aliphatic heterocycles. The summed E-state index contributed by atoms with van der Waals surface area (Å²) in [6.07, 6.45) is 3.99. The molecule has 0 atom stereocenters. The molecule has 0 radical (unpaired) electrons. The van der Waals surface area contributed by atoms with Gasteiger partial charge in [-0.25, -0.2) is 4.98 Å². The number of rotatable bonds is 3. The summed E-state index contributed by atoms with van der Waals surface area (Å²) >= 11 is 1.38. The molecule has 0 spiro atoms. The summed E-state index contributed by atoms with van der Waals surface area (Å²) in [4.78, 5) is 19.1. The molecule has 0 saturated heterocycles. The second-order valence-electron chi connectivity index (χ2n) is 6.13. The number of anilines is 1. The lowest BCUT2D eigenvalue weighted by molar-refractivity contribution is -0.116. The molecule has 1 aromatic heterocycles. The summed E-state index contributed by atoms with van der Waals surface area (Å²) in [7, 11) is 0. The highest BCUT2D eigenvalue weighted by Crippen LogP contribution is 2.30. The zero-order valence-electron chi connectivity index (χ0n) is 13.3. The maximum Gasteiger partial charge on any atom is 0.237 e. The van der Waals surface area contributed by atoms with E-state index in [0.717, 1.165) is 43.6 Å². The van der Waals surface area contributed by atoms with Gasteiger partial charge in [0.05, 0.1) is 11.3 Å². The largest absolute Gasteiger partial charge is 0.311 e. The molecule has 1 aliphatic carbocycles. The molecule has 0 N–H and O–H groups in total. The number of pyridine rings is 1. The van der Waals surface area contributed by atoms with Gasteiger partial charge in [-0.15, -0.1) is 0 Å². The van der Waals surface area contributed by atoms with Crippen LogP contribution in [0.1, 0.15) is 28.8 Å². The highest BCUT2D eigenvalue weighted by molar-refractivity contribution is 8.00. The molecular formula is C19H17N3OS. The summed E-state index contributed by atoms with van der Waals surface area (Å²) in [6.45, 7) is 0.738. The number of hydrogen-bond donors (Lipinski definition) is 0. The fourth-order valence-electron chi connectivity index (χ4n) is 3.45. The number of carbonyl (C=O) groups is 1. The number of thioether (sulfide) groups is 1. The highest BCUT2D eigenvalue weighted by atomic mass is 32.2. The van der Waals surface area contributed by atoms with E-state index in [-0.39, 0.29) is 5.91 Å². The first-order chi connectivity index (χ1) is 11.8. The predicted octanol–water partition coefficient (Wildman–Crippen LogP) is 3.12. The van der Waals surface area contributed by atoms with E-state index < -0.39 is 0 Å². The van der Waals surface area contributed by atoms with Gasteiger partial charge >= 0.3 is 0 Å². The maximum absolute atomic E-state index is 12.6. The number of aromatic nitrogens is 1. The molecule has 2 heterocycles. The van der Waals surface area contributed by atoms with Crippen molar-refractivity contribution in [1.82, 2.24) is 4.98 Å². The van der Waals surface area contributed by atoms with Gasteiger partial charge in [0.2, 0.25) is 5.91 Å². The van der Waals surface area contributed by atoms with Gasteiger partial charge in [-0.3, -0.25) is 4.79 Å². The Morgan fingerprint density at radius 2 is 2.12 bits per heavy atom. The zero-order valence-corrected chi connectivity index (χ0v) is 14.1. The fourth-order valence-corrected chi connectivity index (χ4v) is 4.30. The first-order valence-corrected chi connectivity index (χ1v) is 9.19. The van der Waals surface area contributed by atoms with Crippen LogP contribution in [0.4, 0.5) is 5.69 Å². The van der Waals surface area contributed by atoms with Crippen LogP contribution in [0.5, 0.6) is 0 Å². The second-order valence-corrected chi connectivity index (χ2v) is 7.09. The molecule has 5 heteroatoms. The van der Waals surface area contributed by atoms with Crippen LogP contribution in [0.25, 0.3) is 0 Å². The first-order valence-electron chi connectivity index (χ1n) is 8.20. The van der Waals surface area contributed by atoms with Crippen LogP contribution in [0.15, 0.2) is 35.4 Å². The number of amides is 1. The maximum atomic E-state index is 12.6. The normalized spacial score (nSPS) is 15.0. The van der Waals surface area contributed by atoms with E-state index in [1.54, 1.807) is 0 Å². The quantitative estimate of drug-likeness (QED) is 0.809. The Bertz CT molecular complexity index is 856. The van der Waals surface area contributed by atoms with Crippen molar-refractivity contribution >= 4 is 23.4 Å². The van der Waals surface area contributed by atoms with Crippen LogP contribution < -0.4 is 4.90 Å². The number of nitrogens with zero attached hydrogens (tertiary/aromatic N) is 3. The van der Waals surface area contributed by atoms with E-state index in [0.29, 0.717) is 16.3 Å². The van der Waals surface area contributed by atoms with Crippen LogP contribution in [-0.4, -0.2) is 23.2 Å². The van der Waals surface area contributed by atoms with Gasteiger partial charge in [0.25, 0.3) is 0 Å². The monoisotopic (exact) mass is 335 g/mol. The van der Waals surface area contributed by atoms with Gasteiger partial charge < -0.3 is 4.90 Å². The van der Waals surface area contributed by atoms with E-state index in [1.165, 1.54) is 22.9 Å². The first kappa shape index (κ1) is 15.2. The predicted molar refractivity (Wildman–Crippen MR) is 94.2 cm³/mol. The Balaban J connectivity index is 1.50. The Labute approximate surface area is 145 Å². The molecular weight excluding hydrogens is 318 g/mol. The van der Waals surface area contributed by atoms with Crippen molar-refractivity contribution in [2.45, 2.75) is 30.7 Å². The van der Waals surface area contributed by atoms with Crippen molar-refractivity contribution in [3.05, 3.63) is 52.7 Å². The van der Waals surface area contributed by atoms with E-state index in [9.17, 15) is 10.1 Å². The number of nitriles is 1. The van der Waals surface area contributed by atoms with E-state index >= 15 is 0 Å². The Kier molecular flexibility index (Phi) is 3.99. The van der Waals surface area contributed by atoms with Crippen LogP contribution in [-0.2, 0) is 24.1 Å². The number of fused-ring (bicyclic) bond motifs is 2. The summed E-state index contributed by atoms with van der Waals surface area (Å²) in [5, 5.41) is 10.1. The standard InChI is InChI=1S/C19H17N3OS/c20-11-15-10-14-5-3-6-16(14)21-19(15)24-12-18(23)22-9-8-13-4-1-2-7-17(13)22/h1-2,4,7,10H,3,5-6,8-9,12H2. The second kappa shape index (κ2) is 6.29. The number of hydrogen-bond acceptors (Lipinski definition) is 4. The average molecular weight is 335 g/mol. The lowest BCUT2D eigenvalue weighted by Crippen LogP contribution is -2.30. The molecule has 2 aliphatic rings. The molecule has 4 rings (SSSR count). The molecule has 0 fully saturated rings. The summed E-state index contributed by atoms with van der Waals surface area (Å²) in [6, 6.07) is 12.2. The average Bonchev–Trinajstić information content (AvgIpc) is 3.24. The molecule has 24 heavy (non-hydrogen) atoms. The van der Waals surface area contributed by atoms with Gasteiger partial charge in [0, 0.05) is 17.9 Å². The SMILES string of the molecule is N#Cc1cc2c(nc1SCC(=O)N1CCc3ccccc31)CCC2. The smallest absolute Gasteiger partial charge is 0.237 e. The van der Waals surface area contributed by atoms with Crippen molar-refractivity contribution in [3.8, 4) is 6.07 Å². The lowest BCUT2D eigenvalue weighted by Gasteiger charge is -2.17. The van der Waals surface area contributed by atoms with Crippen molar-refractivity contribution in [3.63, 3.8) is 0 Å². The molecule has 0 bridgehead atoms. The number of benzene rings is 1. The lowest BCUT2D eigenvalue weighted by atomic mass is 10.2. The van der Waals surface area contributed by atoms with Gasteiger partial charge in [-0.05, 0) is 48.9 Å². The van der Waals surface area contributed by atoms with Gasteiger partial charge in [-0.1, -0.05) is 30.0 Å². The van der Waals surface area contributed by atoms with Crippen LogP contribution in [0.2, 0.25) is 0 Å². The molecule has 2 aromatic rings. The number of aryl methyl sites for hydroxylation is 2. The van der Waals surface area contributed by atoms with Gasteiger partial charge in [0.1, 0.15) is 11.1 Å². The zero-order chi connectivity index (χ0) is 16.5. The van der Waals surface area contributed by atoms with Crippen LogP contribution >= 0.6 is 11.8 Å². The molecule has 1 aromatic carbocycles. The summed E-state index contributed by atoms with van der Waals surface area (Å²) in [5.41, 5.74) is 5.12. The molecule has 4 nitrogen and oxygen atoms in total. The van der Waals surface area contributed by atoms with E-state index in [1.807, 2.05) is 29.2 Å². The minimum Gasteiger partial charge on any atom is -0.311 e. The third-order valence-corrected chi connectivity index (χ3v) is 5.63. The van der Waals surface area contributed by atoms with Crippen molar-refractivity contribution in [1.29, 1.82) is 5.26 Å². The minimum absolute atomic E-state index is 0.0798. The Morgan fingerprint density at radius 1 is 1.25 bits per heavy atom. The molecule has 120 valence electrons. The molecule has 1 amide bonds. The number of carbonyl (C=O) groups excluding carboxylic acids is 1.